The van der Waals surface area contributed by atoms with Crippen molar-refractivity contribution < 1.29 is 4.74 Å². The standard InChI is InChI=1S/C27H33NO2/c1-3-4-8-17-30-21(2)9-6-5-7-10-22-11-12-24-19-25(14-13-23(24)18-22)26-15-16-27(29)28-20-26/h7,10-16,18-21H,3-6,8-9,17H2,1-2H3,(H,28,29). The number of aromatic nitrogens is 1. The van der Waals surface area contributed by atoms with Gasteiger partial charge < -0.3 is 9.72 Å². The first-order valence-electron chi connectivity index (χ1n) is 11.2. The van der Waals surface area contributed by atoms with E-state index in [1.807, 2.05) is 6.07 Å². The molecule has 0 spiro atoms. The molecule has 1 heterocycles. The Labute approximate surface area is 179 Å². The fraction of sp³-hybridized carbons (Fsp3) is 0.370. The number of H-pyrrole nitrogens is 1. The number of pyridine rings is 1. The van der Waals surface area contributed by atoms with Crippen molar-refractivity contribution in [1.82, 2.24) is 4.98 Å². The van der Waals surface area contributed by atoms with Crippen molar-refractivity contribution in [2.75, 3.05) is 6.61 Å². The van der Waals surface area contributed by atoms with E-state index in [2.05, 4.69) is 67.4 Å². The Bertz CT molecular complexity index is 998. The molecule has 0 bridgehead atoms. The number of benzene rings is 2. The monoisotopic (exact) mass is 403 g/mol. The second-order valence-corrected chi connectivity index (χ2v) is 7.98. The van der Waals surface area contributed by atoms with Gasteiger partial charge in [-0.25, -0.2) is 0 Å². The van der Waals surface area contributed by atoms with Gasteiger partial charge in [0.25, 0.3) is 0 Å². The number of nitrogens with one attached hydrogen (secondary N) is 1. The molecular formula is C27H33NO2. The van der Waals surface area contributed by atoms with Crippen LogP contribution in [0.15, 0.2) is 65.6 Å². The molecule has 0 amide bonds. The van der Waals surface area contributed by atoms with Crippen LogP contribution in [0.1, 0.15) is 57.9 Å². The summed E-state index contributed by atoms with van der Waals surface area (Å²) in [5, 5.41) is 2.42. The number of fused-ring (bicyclic) bond motifs is 1. The van der Waals surface area contributed by atoms with Crippen molar-refractivity contribution in [3.63, 3.8) is 0 Å². The van der Waals surface area contributed by atoms with Crippen molar-refractivity contribution >= 4 is 16.8 Å². The lowest BCUT2D eigenvalue weighted by Crippen LogP contribution is -2.08. The van der Waals surface area contributed by atoms with E-state index in [0.29, 0.717) is 6.10 Å². The number of unbranched alkanes of at least 4 members (excludes halogenated alkanes) is 3. The molecule has 0 saturated carbocycles. The summed E-state index contributed by atoms with van der Waals surface area (Å²) < 4.78 is 5.86. The molecule has 1 atom stereocenters. The van der Waals surface area contributed by atoms with E-state index >= 15 is 0 Å². The van der Waals surface area contributed by atoms with E-state index in [1.54, 1.807) is 12.3 Å². The summed E-state index contributed by atoms with van der Waals surface area (Å²) in [6, 6.07) is 16.4. The third-order valence-electron chi connectivity index (χ3n) is 5.42. The zero-order valence-corrected chi connectivity index (χ0v) is 18.2. The normalized spacial score (nSPS) is 12.6. The van der Waals surface area contributed by atoms with Gasteiger partial charge in [-0.1, -0.05) is 56.2 Å². The minimum atomic E-state index is -0.0788. The van der Waals surface area contributed by atoms with Crippen LogP contribution in [0.4, 0.5) is 0 Å². The highest BCUT2D eigenvalue weighted by atomic mass is 16.5. The molecular weight excluding hydrogens is 370 g/mol. The van der Waals surface area contributed by atoms with Crippen molar-refractivity contribution in [2.24, 2.45) is 0 Å². The average molecular weight is 404 g/mol. The molecule has 0 aliphatic rings. The molecule has 158 valence electrons. The molecule has 3 aromatic rings. The summed E-state index contributed by atoms with van der Waals surface area (Å²) in [7, 11) is 0. The quantitative estimate of drug-likeness (QED) is 0.351. The van der Waals surface area contributed by atoms with E-state index in [1.165, 1.54) is 35.6 Å². The fourth-order valence-corrected chi connectivity index (χ4v) is 3.60. The molecule has 1 aromatic heterocycles. The molecule has 3 nitrogen and oxygen atoms in total. The van der Waals surface area contributed by atoms with E-state index in [0.717, 1.165) is 37.0 Å². The van der Waals surface area contributed by atoms with Crippen LogP contribution in [0.25, 0.3) is 28.0 Å². The smallest absolute Gasteiger partial charge is 0.247 e. The molecule has 0 saturated heterocycles. The van der Waals surface area contributed by atoms with Crippen LogP contribution in [0.3, 0.4) is 0 Å². The Morgan fingerprint density at radius 3 is 2.57 bits per heavy atom. The molecule has 3 rings (SSSR count). The topological polar surface area (TPSA) is 42.1 Å². The first kappa shape index (κ1) is 22.0. The maximum atomic E-state index is 11.3. The predicted molar refractivity (Wildman–Crippen MR) is 128 cm³/mol. The summed E-state index contributed by atoms with van der Waals surface area (Å²) in [6.07, 6.45) is 13.6. The van der Waals surface area contributed by atoms with Crippen molar-refractivity contribution in [2.45, 2.75) is 58.5 Å². The molecule has 0 aliphatic carbocycles. The Balaban J connectivity index is 1.51. The maximum absolute atomic E-state index is 11.3. The summed E-state index contributed by atoms with van der Waals surface area (Å²) in [4.78, 5) is 14.0. The Morgan fingerprint density at radius 1 is 0.967 bits per heavy atom. The molecule has 1 unspecified atom stereocenters. The molecule has 2 aromatic carbocycles. The number of allylic oxidation sites excluding steroid dienone is 1. The van der Waals surface area contributed by atoms with Gasteiger partial charge in [0.15, 0.2) is 0 Å². The molecule has 0 fully saturated rings. The molecule has 1 N–H and O–H groups in total. The van der Waals surface area contributed by atoms with Crippen LogP contribution >= 0.6 is 0 Å². The van der Waals surface area contributed by atoms with E-state index in [4.69, 9.17) is 4.74 Å². The predicted octanol–water partition coefficient (Wildman–Crippen LogP) is 6.97. The summed E-state index contributed by atoms with van der Waals surface area (Å²) >= 11 is 0. The third kappa shape index (κ3) is 6.70. The lowest BCUT2D eigenvalue weighted by Gasteiger charge is -2.12. The second kappa shape index (κ2) is 11.5. The number of hydrogen-bond acceptors (Lipinski definition) is 2. The summed E-state index contributed by atoms with van der Waals surface area (Å²) in [5.41, 5.74) is 3.27. The van der Waals surface area contributed by atoms with Gasteiger partial charge in [-0.2, -0.15) is 0 Å². The second-order valence-electron chi connectivity index (χ2n) is 7.98. The fourth-order valence-electron chi connectivity index (χ4n) is 3.60. The van der Waals surface area contributed by atoms with E-state index < -0.39 is 0 Å². The van der Waals surface area contributed by atoms with Crippen LogP contribution in [0, 0.1) is 0 Å². The number of hydrogen-bond donors (Lipinski definition) is 1. The average Bonchev–Trinajstić information content (AvgIpc) is 2.76. The number of rotatable bonds is 11. The molecule has 0 radical (unpaired) electrons. The van der Waals surface area contributed by atoms with Crippen molar-refractivity contribution in [3.05, 3.63) is 76.7 Å². The van der Waals surface area contributed by atoms with Crippen LogP contribution in [0.5, 0.6) is 0 Å². The Kier molecular flexibility index (Phi) is 8.46. The van der Waals surface area contributed by atoms with Gasteiger partial charge in [0.1, 0.15) is 0 Å². The van der Waals surface area contributed by atoms with Crippen molar-refractivity contribution in [1.29, 1.82) is 0 Å². The molecule has 3 heteroatoms. The van der Waals surface area contributed by atoms with Crippen molar-refractivity contribution in [3.8, 4) is 11.1 Å². The number of ether oxygens (including phenoxy) is 1. The van der Waals surface area contributed by atoms with E-state index in [9.17, 15) is 4.79 Å². The highest BCUT2D eigenvalue weighted by molar-refractivity contribution is 5.88. The summed E-state index contributed by atoms with van der Waals surface area (Å²) in [5.74, 6) is 0. The van der Waals surface area contributed by atoms with Crippen LogP contribution in [-0.4, -0.2) is 17.7 Å². The first-order valence-corrected chi connectivity index (χ1v) is 11.2. The van der Waals surface area contributed by atoms with Gasteiger partial charge in [-0.05, 0) is 78.3 Å². The zero-order valence-electron chi connectivity index (χ0n) is 18.2. The molecule has 0 aliphatic heterocycles. The first-order chi connectivity index (χ1) is 14.7. The minimum Gasteiger partial charge on any atom is -0.379 e. The highest BCUT2D eigenvalue weighted by Crippen LogP contribution is 2.24. The lowest BCUT2D eigenvalue weighted by molar-refractivity contribution is 0.0566. The highest BCUT2D eigenvalue weighted by Gasteiger charge is 2.02. The SMILES string of the molecule is CCCCCOC(C)CCCC=Cc1ccc2cc(-c3ccc(=O)[nH]c3)ccc2c1. The lowest BCUT2D eigenvalue weighted by atomic mass is 10.0. The van der Waals surface area contributed by atoms with Gasteiger partial charge in [0.2, 0.25) is 5.56 Å². The largest absolute Gasteiger partial charge is 0.379 e. The Morgan fingerprint density at radius 2 is 1.77 bits per heavy atom. The van der Waals surface area contributed by atoms with Gasteiger partial charge in [-0.15, -0.1) is 0 Å². The molecule has 30 heavy (non-hydrogen) atoms. The van der Waals surface area contributed by atoms with Crippen LogP contribution in [0.2, 0.25) is 0 Å². The summed E-state index contributed by atoms with van der Waals surface area (Å²) in [6.45, 7) is 5.30. The minimum absolute atomic E-state index is 0.0788. The zero-order chi connectivity index (χ0) is 21.2. The van der Waals surface area contributed by atoms with E-state index in [-0.39, 0.29) is 5.56 Å². The maximum Gasteiger partial charge on any atom is 0.247 e. The third-order valence-corrected chi connectivity index (χ3v) is 5.42. The van der Waals surface area contributed by atoms with Gasteiger partial charge in [-0.3, -0.25) is 4.79 Å². The Hall–Kier alpha value is -2.65. The van der Waals surface area contributed by atoms with Crippen LogP contribution < -0.4 is 5.56 Å². The van der Waals surface area contributed by atoms with Gasteiger partial charge in [0, 0.05) is 18.9 Å². The van der Waals surface area contributed by atoms with Crippen LogP contribution in [-0.2, 0) is 4.74 Å². The number of aromatic amines is 1. The van der Waals surface area contributed by atoms with Gasteiger partial charge in [0.05, 0.1) is 6.10 Å². The van der Waals surface area contributed by atoms with Gasteiger partial charge >= 0.3 is 0 Å².